The molecule has 242 valence electrons. The Morgan fingerprint density at radius 3 is 2.09 bits per heavy atom. The number of aryl methyl sites for hydroxylation is 2. The molecule has 0 aromatic heterocycles. The monoisotopic (exact) mass is 699 g/mol. The van der Waals surface area contributed by atoms with E-state index in [0.29, 0.717) is 33.6 Å². The summed E-state index contributed by atoms with van der Waals surface area (Å²) in [6.07, 6.45) is 0.857. The van der Waals surface area contributed by atoms with Crippen LogP contribution in [0, 0.1) is 13.8 Å². The molecule has 4 aromatic rings. The van der Waals surface area contributed by atoms with E-state index in [0.717, 1.165) is 21.0 Å². The van der Waals surface area contributed by atoms with Crippen LogP contribution in [0.5, 0.6) is 0 Å². The van der Waals surface area contributed by atoms with E-state index in [-0.39, 0.29) is 29.5 Å². The van der Waals surface area contributed by atoms with Crippen LogP contribution in [0.1, 0.15) is 35.6 Å². The number of benzene rings is 4. The van der Waals surface area contributed by atoms with Crippen LogP contribution in [0.15, 0.2) is 95.9 Å². The molecule has 0 saturated carbocycles. The number of rotatable bonds is 13. The van der Waals surface area contributed by atoms with Crippen LogP contribution in [0.4, 0.5) is 5.69 Å². The summed E-state index contributed by atoms with van der Waals surface area (Å²) in [5.74, 6) is -1.01. The van der Waals surface area contributed by atoms with Crippen molar-refractivity contribution in [2.24, 2.45) is 0 Å². The minimum absolute atomic E-state index is 0.00446. The molecule has 2 amide bonds. The van der Waals surface area contributed by atoms with Crippen molar-refractivity contribution in [2.45, 2.75) is 51.1 Å². The predicted molar refractivity (Wildman–Crippen MR) is 186 cm³/mol. The lowest BCUT2D eigenvalue weighted by molar-refractivity contribution is -0.140. The van der Waals surface area contributed by atoms with Gasteiger partial charge in [-0.05, 0) is 67.8 Å². The van der Waals surface area contributed by atoms with Crippen molar-refractivity contribution in [3.05, 3.63) is 128 Å². The zero-order valence-corrected chi connectivity index (χ0v) is 28.9. The third kappa shape index (κ3) is 8.62. The summed E-state index contributed by atoms with van der Waals surface area (Å²) >= 11 is 19.6. The number of carbonyl (C=O) groups excluding carboxylic acids is 2. The first kappa shape index (κ1) is 35.3. The first-order valence-corrected chi connectivity index (χ1v) is 17.4. The highest BCUT2D eigenvalue weighted by atomic mass is 35.5. The first-order valence-electron chi connectivity index (χ1n) is 14.8. The number of nitrogens with one attached hydrogen (secondary N) is 1. The fraction of sp³-hybridized carbons (Fsp3) is 0.257. The standard InChI is InChI=1S/C35H36Cl3N3O4S/c1-4-19-39-35(43)33(20-26-9-6-5-7-10-26)40(22-29-30(36)11-8-12-31(29)37)34(42)23-41(27-16-15-25(3)32(38)21-27)46(44,45)28-17-13-24(2)14-18-28/h5-18,21,33H,4,19-20,22-23H2,1-3H3,(H,39,43). The number of hydrogen-bond acceptors (Lipinski definition) is 4. The van der Waals surface area contributed by atoms with Crippen molar-refractivity contribution in [3.8, 4) is 0 Å². The zero-order chi connectivity index (χ0) is 33.4. The molecule has 1 N–H and O–H groups in total. The normalized spacial score (nSPS) is 12.0. The van der Waals surface area contributed by atoms with Crippen LogP contribution in [0.25, 0.3) is 0 Å². The van der Waals surface area contributed by atoms with E-state index in [1.165, 1.54) is 23.1 Å². The fourth-order valence-corrected chi connectivity index (χ4v) is 6.97. The van der Waals surface area contributed by atoms with Crippen molar-refractivity contribution in [2.75, 3.05) is 17.4 Å². The largest absolute Gasteiger partial charge is 0.354 e. The predicted octanol–water partition coefficient (Wildman–Crippen LogP) is 7.63. The molecular formula is C35H36Cl3N3O4S. The summed E-state index contributed by atoms with van der Waals surface area (Å²) in [5.41, 5.74) is 3.08. The van der Waals surface area contributed by atoms with Gasteiger partial charge >= 0.3 is 0 Å². The average Bonchev–Trinajstić information content (AvgIpc) is 3.03. The maximum atomic E-state index is 14.6. The van der Waals surface area contributed by atoms with E-state index in [9.17, 15) is 18.0 Å². The lowest BCUT2D eigenvalue weighted by atomic mass is 10.0. The van der Waals surface area contributed by atoms with Gasteiger partial charge in [0.1, 0.15) is 12.6 Å². The number of carbonyl (C=O) groups is 2. The summed E-state index contributed by atoms with van der Waals surface area (Å²) in [4.78, 5) is 29.7. The molecule has 0 aliphatic heterocycles. The second-order valence-electron chi connectivity index (χ2n) is 11.0. The summed E-state index contributed by atoms with van der Waals surface area (Å²) < 4.78 is 29.4. The number of anilines is 1. The summed E-state index contributed by atoms with van der Waals surface area (Å²) in [5, 5.41) is 3.88. The number of hydrogen-bond donors (Lipinski definition) is 1. The van der Waals surface area contributed by atoms with Crippen LogP contribution >= 0.6 is 34.8 Å². The maximum Gasteiger partial charge on any atom is 0.264 e. The SMILES string of the molecule is CCCNC(=O)C(Cc1ccccc1)N(Cc1c(Cl)cccc1Cl)C(=O)CN(c1ccc(C)c(Cl)c1)S(=O)(=O)c1ccc(C)cc1. The van der Waals surface area contributed by atoms with E-state index >= 15 is 0 Å². The summed E-state index contributed by atoms with van der Waals surface area (Å²) in [7, 11) is -4.26. The molecule has 11 heteroatoms. The van der Waals surface area contributed by atoms with Gasteiger partial charge in [0.25, 0.3) is 10.0 Å². The van der Waals surface area contributed by atoms with E-state index in [4.69, 9.17) is 34.8 Å². The highest BCUT2D eigenvalue weighted by Crippen LogP contribution is 2.31. The number of halogens is 3. The molecule has 0 aliphatic rings. The van der Waals surface area contributed by atoms with Gasteiger partial charge < -0.3 is 10.2 Å². The Bertz CT molecular complexity index is 1760. The molecule has 4 rings (SSSR count). The van der Waals surface area contributed by atoms with Crippen LogP contribution in [0.2, 0.25) is 15.1 Å². The van der Waals surface area contributed by atoms with E-state index in [2.05, 4.69) is 5.32 Å². The van der Waals surface area contributed by atoms with Crippen molar-refractivity contribution in [1.29, 1.82) is 0 Å². The van der Waals surface area contributed by atoms with E-state index < -0.39 is 28.5 Å². The van der Waals surface area contributed by atoms with Gasteiger partial charge in [0.15, 0.2) is 0 Å². The summed E-state index contributed by atoms with van der Waals surface area (Å²) in [6.45, 7) is 5.22. The molecule has 0 fully saturated rings. The third-order valence-electron chi connectivity index (χ3n) is 7.54. The van der Waals surface area contributed by atoms with Gasteiger partial charge in [-0.15, -0.1) is 0 Å². The molecule has 1 unspecified atom stereocenters. The van der Waals surface area contributed by atoms with Crippen molar-refractivity contribution in [1.82, 2.24) is 10.2 Å². The first-order chi connectivity index (χ1) is 21.9. The molecule has 46 heavy (non-hydrogen) atoms. The number of amides is 2. The number of nitrogens with zero attached hydrogens (tertiary/aromatic N) is 2. The molecule has 7 nitrogen and oxygen atoms in total. The Hall–Kier alpha value is -3.56. The molecule has 1 atom stereocenters. The van der Waals surface area contributed by atoms with E-state index in [1.807, 2.05) is 44.2 Å². The van der Waals surface area contributed by atoms with Crippen LogP contribution in [0.3, 0.4) is 0 Å². The second kappa shape index (κ2) is 15.8. The topological polar surface area (TPSA) is 86.8 Å². The molecule has 0 radical (unpaired) electrons. The molecule has 0 heterocycles. The number of sulfonamides is 1. The molecule has 0 saturated heterocycles. The summed E-state index contributed by atoms with van der Waals surface area (Å²) in [6, 6.07) is 24.5. The van der Waals surface area contributed by atoms with Gasteiger partial charge in [-0.1, -0.05) is 102 Å². The molecule has 4 aromatic carbocycles. The minimum Gasteiger partial charge on any atom is -0.354 e. The van der Waals surface area contributed by atoms with Gasteiger partial charge in [0.2, 0.25) is 11.8 Å². The highest BCUT2D eigenvalue weighted by molar-refractivity contribution is 7.92. The van der Waals surface area contributed by atoms with Gasteiger partial charge in [-0.2, -0.15) is 0 Å². The molecule has 0 bridgehead atoms. The van der Waals surface area contributed by atoms with Crippen LogP contribution in [-0.4, -0.2) is 44.3 Å². The Morgan fingerprint density at radius 1 is 0.826 bits per heavy atom. The smallest absolute Gasteiger partial charge is 0.264 e. The zero-order valence-electron chi connectivity index (χ0n) is 25.8. The van der Waals surface area contributed by atoms with Crippen molar-refractivity contribution in [3.63, 3.8) is 0 Å². The molecular weight excluding hydrogens is 665 g/mol. The van der Waals surface area contributed by atoms with Gasteiger partial charge in [0.05, 0.1) is 10.6 Å². The van der Waals surface area contributed by atoms with Crippen LogP contribution < -0.4 is 9.62 Å². The maximum absolute atomic E-state index is 14.6. The lowest BCUT2D eigenvalue weighted by Gasteiger charge is -2.34. The Balaban J connectivity index is 1.85. The van der Waals surface area contributed by atoms with Crippen LogP contribution in [-0.2, 0) is 32.6 Å². The Labute approximate surface area is 286 Å². The van der Waals surface area contributed by atoms with Gasteiger partial charge in [-0.25, -0.2) is 8.42 Å². The Kier molecular flexibility index (Phi) is 12.1. The average molecular weight is 701 g/mol. The minimum atomic E-state index is -4.26. The van der Waals surface area contributed by atoms with Gasteiger partial charge in [-0.3, -0.25) is 13.9 Å². The van der Waals surface area contributed by atoms with Crippen molar-refractivity contribution < 1.29 is 18.0 Å². The lowest BCUT2D eigenvalue weighted by Crippen LogP contribution is -2.53. The Morgan fingerprint density at radius 2 is 1.48 bits per heavy atom. The molecule has 0 spiro atoms. The van der Waals surface area contributed by atoms with E-state index in [1.54, 1.807) is 49.4 Å². The van der Waals surface area contributed by atoms with Crippen molar-refractivity contribution >= 4 is 62.3 Å². The second-order valence-corrected chi connectivity index (χ2v) is 14.1. The quantitative estimate of drug-likeness (QED) is 0.156. The fourth-order valence-electron chi connectivity index (χ4n) is 4.88. The molecule has 0 aliphatic carbocycles. The third-order valence-corrected chi connectivity index (χ3v) is 10.4. The highest BCUT2D eigenvalue weighted by Gasteiger charge is 2.35. The van der Waals surface area contributed by atoms with Gasteiger partial charge in [0, 0.05) is 40.1 Å².